The molecule has 0 aromatic heterocycles. The standard InChI is InChI=1S/C24H29F2N3O4/c1-5-29(23(32)33-24(2,3)4)15-16-8-6-7-9-20(16)28-21(30)12-13-27-22(31)18-11-10-17(25)14-19(18)26/h6-11,14H,5,12-13,15H2,1-4H3,(H,27,31)(H,28,30). The second-order valence-corrected chi connectivity index (χ2v) is 8.33. The van der Waals surface area contributed by atoms with Gasteiger partial charge in [0.15, 0.2) is 0 Å². The van der Waals surface area contributed by atoms with Crippen molar-refractivity contribution in [2.75, 3.05) is 18.4 Å². The summed E-state index contributed by atoms with van der Waals surface area (Å²) in [6, 6.07) is 9.70. The van der Waals surface area contributed by atoms with E-state index in [4.69, 9.17) is 4.74 Å². The van der Waals surface area contributed by atoms with Gasteiger partial charge in [-0.2, -0.15) is 0 Å². The number of carbonyl (C=O) groups is 3. The number of rotatable bonds is 8. The summed E-state index contributed by atoms with van der Waals surface area (Å²) in [6.45, 7) is 7.81. The molecule has 0 atom stereocenters. The SMILES string of the molecule is CCN(Cc1ccccc1NC(=O)CCNC(=O)c1ccc(F)cc1F)C(=O)OC(C)(C)C. The molecule has 0 unspecified atom stereocenters. The third-order valence-electron chi connectivity index (χ3n) is 4.50. The highest BCUT2D eigenvalue weighted by atomic mass is 19.1. The summed E-state index contributed by atoms with van der Waals surface area (Å²) in [6.07, 6.45) is -0.520. The Morgan fingerprint density at radius 1 is 1.06 bits per heavy atom. The van der Waals surface area contributed by atoms with Crippen LogP contribution in [0.3, 0.4) is 0 Å². The van der Waals surface area contributed by atoms with Gasteiger partial charge in [0.25, 0.3) is 5.91 Å². The highest BCUT2D eigenvalue weighted by Gasteiger charge is 2.22. The number of halogens is 2. The van der Waals surface area contributed by atoms with E-state index in [9.17, 15) is 23.2 Å². The van der Waals surface area contributed by atoms with Gasteiger partial charge in [0, 0.05) is 31.3 Å². The zero-order valence-electron chi connectivity index (χ0n) is 19.2. The lowest BCUT2D eigenvalue weighted by atomic mass is 10.1. The molecular weight excluding hydrogens is 432 g/mol. The second-order valence-electron chi connectivity index (χ2n) is 8.33. The Hall–Kier alpha value is -3.49. The molecule has 0 aliphatic heterocycles. The molecule has 0 saturated heterocycles. The van der Waals surface area contributed by atoms with E-state index in [-0.39, 0.29) is 31.0 Å². The first-order chi connectivity index (χ1) is 15.5. The molecule has 2 aromatic rings. The molecule has 2 aromatic carbocycles. The van der Waals surface area contributed by atoms with Gasteiger partial charge < -0.3 is 20.3 Å². The molecule has 0 heterocycles. The summed E-state index contributed by atoms with van der Waals surface area (Å²) < 4.78 is 32.1. The molecule has 0 fully saturated rings. The summed E-state index contributed by atoms with van der Waals surface area (Å²) in [7, 11) is 0. The molecule has 9 heteroatoms. The van der Waals surface area contributed by atoms with E-state index in [1.165, 1.54) is 4.90 Å². The van der Waals surface area contributed by atoms with Crippen LogP contribution in [0.2, 0.25) is 0 Å². The predicted octanol–water partition coefficient (Wildman–Crippen LogP) is 4.48. The fourth-order valence-corrected chi connectivity index (χ4v) is 2.89. The maximum absolute atomic E-state index is 13.7. The third-order valence-corrected chi connectivity index (χ3v) is 4.50. The van der Waals surface area contributed by atoms with E-state index >= 15 is 0 Å². The second kappa shape index (κ2) is 11.4. The van der Waals surface area contributed by atoms with Crippen LogP contribution in [0.1, 0.15) is 50.0 Å². The number of benzene rings is 2. The van der Waals surface area contributed by atoms with Gasteiger partial charge >= 0.3 is 6.09 Å². The van der Waals surface area contributed by atoms with Crippen molar-refractivity contribution in [3.8, 4) is 0 Å². The Labute approximate surface area is 192 Å². The average molecular weight is 462 g/mol. The molecule has 2 N–H and O–H groups in total. The minimum Gasteiger partial charge on any atom is -0.444 e. The molecule has 2 rings (SSSR count). The number of nitrogens with zero attached hydrogens (tertiary/aromatic N) is 1. The van der Waals surface area contributed by atoms with Crippen LogP contribution in [0, 0.1) is 11.6 Å². The van der Waals surface area contributed by atoms with Crippen LogP contribution in [0.25, 0.3) is 0 Å². The lowest BCUT2D eigenvalue weighted by Gasteiger charge is -2.27. The minimum atomic E-state index is -0.976. The molecule has 0 radical (unpaired) electrons. The van der Waals surface area contributed by atoms with Gasteiger partial charge in [0.1, 0.15) is 17.2 Å². The van der Waals surface area contributed by atoms with Gasteiger partial charge in [-0.3, -0.25) is 9.59 Å². The van der Waals surface area contributed by atoms with Crippen molar-refractivity contribution >= 4 is 23.6 Å². The summed E-state index contributed by atoms with van der Waals surface area (Å²) in [5.41, 5.74) is 0.319. The first kappa shape index (κ1) is 25.8. The molecule has 0 bridgehead atoms. The van der Waals surface area contributed by atoms with Crippen LogP contribution in [-0.2, 0) is 16.1 Å². The summed E-state index contributed by atoms with van der Waals surface area (Å²) in [4.78, 5) is 38.4. The third kappa shape index (κ3) is 8.17. The van der Waals surface area contributed by atoms with Crippen molar-refractivity contribution in [3.63, 3.8) is 0 Å². The molecule has 0 saturated carbocycles. The number of para-hydroxylation sites is 1. The van der Waals surface area contributed by atoms with Gasteiger partial charge in [-0.1, -0.05) is 18.2 Å². The Morgan fingerprint density at radius 3 is 2.39 bits per heavy atom. The number of hydrogen-bond acceptors (Lipinski definition) is 4. The average Bonchev–Trinajstić information content (AvgIpc) is 2.71. The van der Waals surface area contributed by atoms with Crippen LogP contribution < -0.4 is 10.6 Å². The quantitative estimate of drug-likeness (QED) is 0.607. The predicted molar refractivity (Wildman–Crippen MR) is 121 cm³/mol. The zero-order chi connectivity index (χ0) is 24.6. The number of hydrogen-bond donors (Lipinski definition) is 2. The number of amides is 3. The largest absolute Gasteiger partial charge is 0.444 e. The van der Waals surface area contributed by atoms with Gasteiger partial charge in [-0.25, -0.2) is 13.6 Å². The lowest BCUT2D eigenvalue weighted by molar-refractivity contribution is -0.116. The van der Waals surface area contributed by atoms with E-state index in [0.29, 0.717) is 18.3 Å². The highest BCUT2D eigenvalue weighted by Crippen LogP contribution is 2.19. The maximum atomic E-state index is 13.7. The summed E-state index contributed by atoms with van der Waals surface area (Å²) >= 11 is 0. The fraction of sp³-hybridized carbons (Fsp3) is 0.375. The molecule has 0 spiro atoms. The van der Waals surface area contributed by atoms with Crippen molar-refractivity contribution in [2.45, 2.75) is 46.3 Å². The van der Waals surface area contributed by atoms with Crippen LogP contribution in [0.5, 0.6) is 0 Å². The number of anilines is 1. The van der Waals surface area contributed by atoms with E-state index in [1.807, 2.05) is 6.92 Å². The Bertz CT molecular complexity index is 1010. The molecule has 33 heavy (non-hydrogen) atoms. The van der Waals surface area contributed by atoms with Crippen molar-refractivity contribution in [3.05, 3.63) is 65.2 Å². The molecule has 178 valence electrons. The molecule has 7 nitrogen and oxygen atoms in total. The van der Waals surface area contributed by atoms with E-state index in [2.05, 4.69) is 10.6 Å². The topological polar surface area (TPSA) is 87.7 Å². The van der Waals surface area contributed by atoms with Crippen molar-refractivity contribution in [1.29, 1.82) is 0 Å². The Kier molecular flexibility index (Phi) is 8.90. The highest BCUT2D eigenvalue weighted by molar-refractivity contribution is 5.95. The number of nitrogens with one attached hydrogen (secondary N) is 2. The summed E-state index contributed by atoms with van der Waals surface area (Å²) in [5.74, 6) is -2.87. The smallest absolute Gasteiger partial charge is 0.410 e. The monoisotopic (exact) mass is 461 g/mol. The van der Waals surface area contributed by atoms with Crippen LogP contribution in [0.15, 0.2) is 42.5 Å². The number of carbonyl (C=O) groups excluding carboxylic acids is 3. The zero-order valence-corrected chi connectivity index (χ0v) is 19.2. The van der Waals surface area contributed by atoms with Crippen LogP contribution >= 0.6 is 0 Å². The van der Waals surface area contributed by atoms with E-state index in [0.717, 1.165) is 17.7 Å². The van der Waals surface area contributed by atoms with Crippen molar-refractivity contribution in [1.82, 2.24) is 10.2 Å². The van der Waals surface area contributed by atoms with Gasteiger partial charge in [0.2, 0.25) is 5.91 Å². The molecule has 0 aliphatic rings. The minimum absolute atomic E-state index is 0.0390. The van der Waals surface area contributed by atoms with Crippen molar-refractivity contribution < 1.29 is 27.9 Å². The molecule has 3 amide bonds. The summed E-state index contributed by atoms with van der Waals surface area (Å²) in [5, 5.41) is 5.20. The molecular formula is C24H29F2N3O4. The van der Waals surface area contributed by atoms with E-state index in [1.54, 1.807) is 45.0 Å². The van der Waals surface area contributed by atoms with Gasteiger partial charge in [0.05, 0.1) is 12.1 Å². The first-order valence-electron chi connectivity index (χ1n) is 10.6. The Morgan fingerprint density at radius 2 is 1.76 bits per heavy atom. The normalized spacial score (nSPS) is 11.0. The van der Waals surface area contributed by atoms with Gasteiger partial charge in [-0.15, -0.1) is 0 Å². The lowest BCUT2D eigenvalue weighted by Crippen LogP contribution is -2.36. The maximum Gasteiger partial charge on any atom is 0.410 e. The fourth-order valence-electron chi connectivity index (χ4n) is 2.89. The number of ether oxygens (including phenoxy) is 1. The first-order valence-corrected chi connectivity index (χ1v) is 10.6. The molecule has 0 aliphatic carbocycles. The van der Waals surface area contributed by atoms with Crippen molar-refractivity contribution in [2.24, 2.45) is 0 Å². The Balaban J connectivity index is 1.94. The van der Waals surface area contributed by atoms with E-state index < -0.39 is 29.2 Å². The van der Waals surface area contributed by atoms with Gasteiger partial charge in [-0.05, 0) is 51.5 Å². The van der Waals surface area contributed by atoms with Crippen LogP contribution in [0.4, 0.5) is 19.3 Å². The van der Waals surface area contributed by atoms with Crippen LogP contribution in [-0.4, -0.2) is 41.5 Å².